The third-order valence-electron chi connectivity index (χ3n) is 3.38. The minimum Gasteiger partial charge on any atom is -0.512 e. The number of hydrogen-bond donors (Lipinski definition) is 2. The topological polar surface area (TPSA) is 66.2 Å². The number of hydrogen-bond acceptors (Lipinski definition) is 4. The largest absolute Gasteiger partial charge is 0.512 e. The van der Waals surface area contributed by atoms with Crippen LogP contribution < -0.4 is 0 Å². The summed E-state index contributed by atoms with van der Waals surface area (Å²) in [5, 5.41) is 20.1. The quantitative estimate of drug-likeness (QED) is 0.800. The van der Waals surface area contributed by atoms with Crippen LogP contribution in [0, 0.1) is 11.8 Å². The second-order valence-corrected chi connectivity index (χ2v) is 5.93. The lowest BCUT2D eigenvalue weighted by Gasteiger charge is -2.08. The van der Waals surface area contributed by atoms with Crippen molar-refractivity contribution in [1.29, 1.82) is 0 Å². The highest BCUT2D eigenvalue weighted by Gasteiger charge is 2.10. The SMILES string of the molecule is CC(C)/C(O)=C/c1nc2ccccc2nc1/C=C(\O)C(C)C. The van der Waals surface area contributed by atoms with E-state index in [1.165, 1.54) is 0 Å². The van der Waals surface area contributed by atoms with Gasteiger partial charge < -0.3 is 10.2 Å². The van der Waals surface area contributed by atoms with E-state index in [1.54, 1.807) is 12.2 Å². The molecule has 4 heteroatoms. The number of benzene rings is 1. The fraction of sp³-hybridized carbons (Fsp3) is 0.333. The molecule has 0 spiro atoms. The van der Waals surface area contributed by atoms with Crippen molar-refractivity contribution in [2.75, 3.05) is 0 Å². The van der Waals surface area contributed by atoms with Crippen molar-refractivity contribution in [1.82, 2.24) is 9.97 Å². The predicted octanol–water partition coefficient (Wildman–Crippen LogP) is 4.74. The maximum absolute atomic E-state index is 10.0. The molecule has 1 heterocycles. The minimum atomic E-state index is 0.00351. The highest BCUT2D eigenvalue weighted by Crippen LogP contribution is 2.20. The fourth-order valence-corrected chi connectivity index (χ4v) is 1.85. The molecule has 116 valence electrons. The summed E-state index contributed by atoms with van der Waals surface area (Å²) < 4.78 is 0. The Labute approximate surface area is 130 Å². The smallest absolute Gasteiger partial charge is 0.0970 e. The molecule has 0 amide bonds. The number of nitrogens with zero attached hydrogens (tertiary/aromatic N) is 2. The van der Waals surface area contributed by atoms with E-state index in [-0.39, 0.29) is 23.4 Å². The van der Waals surface area contributed by atoms with Gasteiger partial charge in [-0.15, -0.1) is 0 Å². The lowest BCUT2D eigenvalue weighted by atomic mass is 10.1. The van der Waals surface area contributed by atoms with Gasteiger partial charge in [-0.2, -0.15) is 0 Å². The summed E-state index contributed by atoms with van der Waals surface area (Å²) in [6.45, 7) is 7.62. The molecule has 0 bridgehead atoms. The fourth-order valence-electron chi connectivity index (χ4n) is 1.85. The number of aliphatic hydroxyl groups is 2. The molecular weight excluding hydrogens is 276 g/mol. The van der Waals surface area contributed by atoms with E-state index in [1.807, 2.05) is 52.0 Å². The first-order chi connectivity index (χ1) is 10.4. The number of fused-ring (bicyclic) bond motifs is 1. The van der Waals surface area contributed by atoms with Gasteiger partial charge in [-0.05, 0) is 12.1 Å². The summed E-state index contributed by atoms with van der Waals surface area (Å²) in [5.41, 5.74) is 2.62. The van der Waals surface area contributed by atoms with Gasteiger partial charge in [0.15, 0.2) is 0 Å². The van der Waals surface area contributed by atoms with Crippen LogP contribution in [0.4, 0.5) is 0 Å². The standard InChI is InChI=1S/C18H22N2O2/c1-11(2)17(21)9-15-16(10-18(22)12(3)4)20-14-8-6-5-7-13(14)19-15/h5-12,21-22H,1-4H3/b17-9-,18-10-. The zero-order valence-corrected chi connectivity index (χ0v) is 13.4. The lowest BCUT2D eigenvalue weighted by molar-refractivity contribution is 0.356. The van der Waals surface area contributed by atoms with Crippen molar-refractivity contribution in [3.8, 4) is 0 Å². The van der Waals surface area contributed by atoms with Crippen LogP contribution in [-0.2, 0) is 0 Å². The molecule has 0 fully saturated rings. The third-order valence-corrected chi connectivity index (χ3v) is 3.38. The Morgan fingerprint density at radius 1 is 0.818 bits per heavy atom. The van der Waals surface area contributed by atoms with Crippen LogP contribution in [0.2, 0.25) is 0 Å². The molecule has 0 saturated carbocycles. The van der Waals surface area contributed by atoms with Crippen LogP contribution in [0.3, 0.4) is 0 Å². The predicted molar refractivity (Wildman–Crippen MR) is 90.4 cm³/mol. The second-order valence-electron chi connectivity index (χ2n) is 5.93. The Bertz CT molecular complexity index is 668. The van der Waals surface area contributed by atoms with Crippen LogP contribution in [0.1, 0.15) is 39.1 Å². The Morgan fingerprint density at radius 3 is 1.50 bits per heavy atom. The molecule has 4 nitrogen and oxygen atoms in total. The third kappa shape index (κ3) is 3.64. The van der Waals surface area contributed by atoms with Crippen LogP contribution in [0.5, 0.6) is 0 Å². The molecule has 0 aliphatic carbocycles. The van der Waals surface area contributed by atoms with Crippen molar-refractivity contribution >= 4 is 23.2 Å². The molecule has 0 aliphatic rings. The summed E-state index contributed by atoms with van der Waals surface area (Å²) in [6.07, 6.45) is 3.23. The maximum Gasteiger partial charge on any atom is 0.0970 e. The van der Waals surface area contributed by atoms with Gasteiger partial charge in [0, 0.05) is 24.0 Å². The number of rotatable bonds is 4. The average Bonchev–Trinajstić information content (AvgIpc) is 2.47. The van der Waals surface area contributed by atoms with Crippen molar-refractivity contribution < 1.29 is 10.2 Å². The summed E-state index contributed by atoms with van der Waals surface area (Å²) in [4.78, 5) is 9.11. The number of aromatic nitrogens is 2. The van der Waals surface area contributed by atoms with Crippen molar-refractivity contribution in [2.45, 2.75) is 27.7 Å². The molecular formula is C18H22N2O2. The normalized spacial score (nSPS) is 13.4. The first-order valence-electron chi connectivity index (χ1n) is 7.46. The zero-order valence-electron chi connectivity index (χ0n) is 13.4. The molecule has 1 aromatic carbocycles. The molecule has 0 aliphatic heterocycles. The molecule has 22 heavy (non-hydrogen) atoms. The number of allylic oxidation sites excluding steroid dienone is 2. The highest BCUT2D eigenvalue weighted by atomic mass is 16.3. The first kappa shape index (κ1) is 16.0. The lowest BCUT2D eigenvalue weighted by Crippen LogP contribution is -2.00. The molecule has 0 saturated heterocycles. The summed E-state index contributed by atoms with van der Waals surface area (Å²) >= 11 is 0. The van der Waals surface area contributed by atoms with Gasteiger partial charge in [0.1, 0.15) is 0 Å². The monoisotopic (exact) mass is 298 g/mol. The van der Waals surface area contributed by atoms with Gasteiger partial charge in [0.2, 0.25) is 0 Å². The summed E-state index contributed by atoms with van der Waals surface area (Å²) in [6, 6.07) is 7.55. The van der Waals surface area contributed by atoms with Crippen LogP contribution in [0.15, 0.2) is 35.8 Å². The van der Waals surface area contributed by atoms with Crippen LogP contribution in [0.25, 0.3) is 23.2 Å². The van der Waals surface area contributed by atoms with E-state index >= 15 is 0 Å². The molecule has 0 unspecified atom stereocenters. The molecule has 0 radical (unpaired) electrons. The van der Waals surface area contributed by atoms with Gasteiger partial charge in [-0.25, -0.2) is 9.97 Å². The molecule has 0 atom stereocenters. The van der Waals surface area contributed by atoms with Crippen molar-refractivity contribution in [2.24, 2.45) is 11.8 Å². The summed E-state index contributed by atoms with van der Waals surface area (Å²) in [7, 11) is 0. The molecule has 2 N–H and O–H groups in total. The molecule has 2 aromatic rings. The van der Waals surface area contributed by atoms with Crippen molar-refractivity contribution in [3.63, 3.8) is 0 Å². The van der Waals surface area contributed by atoms with Gasteiger partial charge in [-0.1, -0.05) is 39.8 Å². The molecule has 2 rings (SSSR count). The van der Waals surface area contributed by atoms with E-state index in [2.05, 4.69) is 9.97 Å². The Hall–Kier alpha value is -2.36. The highest BCUT2D eigenvalue weighted by molar-refractivity contribution is 5.78. The van der Waals surface area contributed by atoms with Gasteiger partial charge >= 0.3 is 0 Å². The Morgan fingerprint density at radius 2 is 1.18 bits per heavy atom. The van der Waals surface area contributed by atoms with Gasteiger partial charge in [0.05, 0.1) is 33.9 Å². The van der Waals surface area contributed by atoms with Crippen LogP contribution >= 0.6 is 0 Å². The second kappa shape index (κ2) is 6.60. The van der Waals surface area contributed by atoms with Gasteiger partial charge in [-0.3, -0.25) is 0 Å². The van der Waals surface area contributed by atoms with E-state index in [0.29, 0.717) is 11.4 Å². The minimum absolute atomic E-state index is 0.00351. The van der Waals surface area contributed by atoms with E-state index in [4.69, 9.17) is 0 Å². The van der Waals surface area contributed by atoms with Crippen molar-refractivity contribution in [3.05, 3.63) is 47.2 Å². The Balaban J connectivity index is 2.65. The summed E-state index contributed by atoms with van der Waals surface area (Å²) in [5.74, 6) is 0.485. The number of aliphatic hydroxyl groups excluding tert-OH is 2. The van der Waals surface area contributed by atoms with E-state index in [0.717, 1.165) is 11.0 Å². The average molecular weight is 298 g/mol. The van der Waals surface area contributed by atoms with Crippen LogP contribution in [-0.4, -0.2) is 20.2 Å². The number of para-hydroxylation sites is 2. The van der Waals surface area contributed by atoms with Gasteiger partial charge in [0.25, 0.3) is 0 Å². The van der Waals surface area contributed by atoms with E-state index in [9.17, 15) is 10.2 Å². The zero-order chi connectivity index (χ0) is 16.3. The molecule has 1 aromatic heterocycles. The van der Waals surface area contributed by atoms with E-state index < -0.39 is 0 Å². The maximum atomic E-state index is 10.0. The first-order valence-corrected chi connectivity index (χ1v) is 7.46. The Kier molecular flexibility index (Phi) is 4.81.